The highest BCUT2D eigenvalue weighted by molar-refractivity contribution is 5.95. The second-order valence-electron chi connectivity index (χ2n) is 5.23. The Hall–Kier alpha value is -2.93. The summed E-state index contributed by atoms with van der Waals surface area (Å²) in [4.78, 5) is 0. The maximum atomic E-state index is 9.64. The number of ether oxygens (including phenoxy) is 2. The zero-order chi connectivity index (χ0) is 16.4. The van der Waals surface area contributed by atoms with Crippen molar-refractivity contribution in [2.75, 3.05) is 13.7 Å². The average molecular weight is 306 g/mol. The first-order chi connectivity index (χ1) is 11.2. The number of nitriles is 1. The second kappa shape index (κ2) is 6.05. The molecular weight excluding hydrogens is 288 g/mol. The molecule has 0 N–H and O–H groups in total. The van der Waals surface area contributed by atoms with Gasteiger partial charge in [-0.25, -0.2) is 0 Å². The zero-order valence-corrected chi connectivity index (χ0v) is 13.5. The van der Waals surface area contributed by atoms with Gasteiger partial charge in [0, 0.05) is 18.5 Å². The number of rotatable bonds is 4. The molecule has 3 aromatic rings. The Balaban J connectivity index is 2.20. The van der Waals surface area contributed by atoms with Crippen LogP contribution in [0.25, 0.3) is 22.2 Å². The minimum absolute atomic E-state index is 0.636. The first-order valence-electron chi connectivity index (χ1n) is 7.49. The molecule has 1 heterocycles. The van der Waals surface area contributed by atoms with Crippen LogP contribution in [0.15, 0.2) is 42.5 Å². The van der Waals surface area contributed by atoms with Crippen LogP contribution in [0.3, 0.4) is 0 Å². The standard InChI is InChI=1S/C19H18N2O2/c1-4-23-14-7-5-13(6-8-14)19-17(12-20)16-10-9-15(22-3)11-18(16)21(19)2/h5-11H,4H2,1-3H3. The van der Waals surface area contributed by atoms with Crippen molar-refractivity contribution in [2.24, 2.45) is 7.05 Å². The first kappa shape index (κ1) is 15.0. The summed E-state index contributed by atoms with van der Waals surface area (Å²) in [6.45, 7) is 2.59. The molecule has 0 bridgehead atoms. The van der Waals surface area contributed by atoms with E-state index >= 15 is 0 Å². The lowest BCUT2D eigenvalue weighted by atomic mass is 10.1. The lowest BCUT2D eigenvalue weighted by molar-refractivity contribution is 0.340. The third-order valence-electron chi connectivity index (χ3n) is 3.96. The third-order valence-corrected chi connectivity index (χ3v) is 3.96. The van der Waals surface area contributed by atoms with E-state index in [2.05, 4.69) is 6.07 Å². The van der Waals surface area contributed by atoms with Gasteiger partial charge in [-0.1, -0.05) is 0 Å². The predicted octanol–water partition coefficient (Wildman–Crippen LogP) is 4.12. The Morgan fingerprint density at radius 2 is 1.78 bits per heavy atom. The van der Waals surface area contributed by atoms with Gasteiger partial charge >= 0.3 is 0 Å². The number of hydrogen-bond donors (Lipinski definition) is 0. The lowest BCUT2D eigenvalue weighted by Gasteiger charge is -2.07. The van der Waals surface area contributed by atoms with Crippen LogP contribution >= 0.6 is 0 Å². The van der Waals surface area contributed by atoms with E-state index in [0.717, 1.165) is 33.7 Å². The molecule has 0 saturated carbocycles. The van der Waals surface area contributed by atoms with Crippen molar-refractivity contribution in [3.8, 4) is 28.8 Å². The van der Waals surface area contributed by atoms with Gasteiger partial charge in [-0.2, -0.15) is 5.26 Å². The van der Waals surface area contributed by atoms with Crippen LogP contribution < -0.4 is 9.47 Å². The van der Waals surface area contributed by atoms with Crippen LogP contribution in [0.2, 0.25) is 0 Å². The van der Waals surface area contributed by atoms with Gasteiger partial charge in [0.25, 0.3) is 0 Å². The summed E-state index contributed by atoms with van der Waals surface area (Å²) in [5.74, 6) is 1.61. The van der Waals surface area contributed by atoms with E-state index in [9.17, 15) is 5.26 Å². The smallest absolute Gasteiger partial charge is 0.120 e. The summed E-state index contributed by atoms with van der Waals surface area (Å²) < 4.78 is 12.8. The van der Waals surface area contributed by atoms with Crippen molar-refractivity contribution >= 4 is 10.9 Å². The molecule has 4 heteroatoms. The Kier molecular flexibility index (Phi) is 3.94. The minimum Gasteiger partial charge on any atom is -0.497 e. The lowest BCUT2D eigenvalue weighted by Crippen LogP contribution is -1.94. The number of benzene rings is 2. The van der Waals surface area contributed by atoms with E-state index in [1.807, 2.05) is 61.0 Å². The minimum atomic E-state index is 0.636. The Bertz CT molecular complexity index is 886. The molecule has 0 radical (unpaired) electrons. The molecule has 0 aliphatic carbocycles. The third kappa shape index (κ3) is 2.51. The van der Waals surface area contributed by atoms with E-state index in [0.29, 0.717) is 12.2 Å². The van der Waals surface area contributed by atoms with Crippen LogP contribution in [0.5, 0.6) is 11.5 Å². The molecule has 4 nitrogen and oxygen atoms in total. The molecule has 0 spiro atoms. The number of nitrogens with zero attached hydrogens (tertiary/aromatic N) is 2. The van der Waals surface area contributed by atoms with E-state index in [1.165, 1.54) is 0 Å². The Labute approximate surface area is 135 Å². The quantitative estimate of drug-likeness (QED) is 0.728. The van der Waals surface area contributed by atoms with Gasteiger partial charge in [0.1, 0.15) is 17.6 Å². The largest absolute Gasteiger partial charge is 0.497 e. The fourth-order valence-electron chi connectivity index (χ4n) is 2.87. The zero-order valence-electron chi connectivity index (χ0n) is 13.5. The summed E-state index contributed by atoms with van der Waals surface area (Å²) in [6, 6.07) is 15.9. The summed E-state index contributed by atoms with van der Waals surface area (Å²) >= 11 is 0. The van der Waals surface area contributed by atoms with Gasteiger partial charge in [-0.15, -0.1) is 0 Å². The van der Waals surface area contributed by atoms with Crippen LogP contribution in [-0.4, -0.2) is 18.3 Å². The normalized spacial score (nSPS) is 10.5. The van der Waals surface area contributed by atoms with Crippen LogP contribution in [-0.2, 0) is 7.05 Å². The number of fused-ring (bicyclic) bond motifs is 1. The van der Waals surface area contributed by atoms with Crippen molar-refractivity contribution < 1.29 is 9.47 Å². The maximum Gasteiger partial charge on any atom is 0.120 e. The highest BCUT2D eigenvalue weighted by atomic mass is 16.5. The maximum absolute atomic E-state index is 9.64. The fourth-order valence-corrected chi connectivity index (χ4v) is 2.87. The molecule has 23 heavy (non-hydrogen) atoms. The van der Waals surface area contributed by atoms with Crippen LogP contribution in [0.4, 0.5) is 0 Å². The van der Waals surface area contributed by atoms with E-state index in [-0.39, 0.29) is 0 Å². The van der Waals surface area contributed by atoms with Gasteiger partial charge in [-0.3, -0.25) is 0 Å². The van der Waals surface area contributed by atoms with E-state index in [4.69, 9.17) is 9.47 Å². The van der Waals surface area contributed by atoms with Crippen molar-refractivity contribution in [3.05, 3.63) is 48.0 Å². The number of aryl methyl sites for hydroxylation is 1. The molecule has 116 valence electrons. The molecular formula is C19H18N2O2. The molecule has 0 unspecified atom stereocenters. The second-order valence-corrected chi connectivity index (χ2v) is 5.23. The monoisotopic (exact) mass is 306 g/mol. The fraction of sp³-hybridized carbons (Fsp3) is 0.211. The Morgan fingerprint density at radius 1 is 1.09 bits per heavy atom. The number of aromatic nitrogens is 1. The summed E-state index contributed by atoms with van der Waals surface area (Å²) in [5, 5.41) is 10.6. The van der Waals surface area contributed by atoms with Crippen LogP contribution in [0, 0.1) is 11.3 Å². The molecule has 0 aliphatic rings. The number of methoxy groups -OCH3 is 1. The molecule has 0 fully saturated rings. The molecule has 3 rings (SSSR count). The van der Waals surface area contributed by atoms with Gasteiger partial charge in [0.2, 0.25) is 0 Å². The highest BCUT2D eigenvalue weighted by Crippen LogP contribution is 2.34. The molecule has 0 amide bonds. The van der Waals surface area contributed by atoms with E-state index in [1.54, 1.807) is 7.11 Å². The van der Waals surface area contributed by atoms with Crippen molar-refractivity contribution in [1.29, 1.82) is 5.26 Å². The van der Waals surface area contributed by atoms with Crippen molar-refractivity contribution in [1.82, 2.24) is 4.57 Å². The van der Waals surface area contributed by atoms with Crippen LogP contribution in [0.1, 0.15) is 12.5 Å². The van der Waals surface area contributed by atoms with Gasteiger partial charge in [0.05, 0.1) is 30.5 Å². The van der Waals surface area contributed by atoms with Gasteiger partial charge < -0.3 is 14.0 Å². The van der Waals surface area contributed by atoms with Gasteiger partial charge in [0.15, 0.2) is 0 Å². The number of hydrogen-bond acceptors (Lipinski definition) is 3. The summed E-state index contributed by atoms with van der Waals surface area (Å²) in [6.07, 6.45) is 0. The molecule has 0 saturated heterocycles. The van der Waals surface area contributed by atoms with E-state index < -0.39 is 0 Å². The summed E-state index contributed by atoms with van der Waals surface area (Å²) in [7, 11) is 3.61. The predicted molar refractivity (Wildman–Crippen MR) is 90.8 cm³/mol. The van der Waals surface area contributed by atoms with Crippen molar-refractivity contribution in [3.63, 3.8) is 0 Å². The molecule has 0 aliphatic heterocycles. The topological polar surface area (TPSA) is 47.2 Å². The average Bonchev–Trinajstić information content (AvgIpc) is 2.87. The molecule has 2 aromatic carbocycles. The first-order valence-corrected chi connectivity index (χ1v) is 7.49. The highest BCUT2D eigenvalue weighted by Gasteiger charge is 2.17. The molecule has 0 atom stereocenters. The Morgan fingerprint density at radius 3 is 2.39 bits per heavy atom. The summed E-state index contributed by atoms with van der Waals surface area (Å²) in [5.41, 5.74) is 3.54. The van der Waals surface area contributed by atoms with Gasteiger partial charge in [-0.05, 0) is 48.9 Å². The molecule has 1 aromatic heterocycles. The SMILES string of the molecule is CCOc1ccc(-c2c(C#N)c3ccc(OC)cc3n2C)cc1. The van der Waals surface area contributed by atoms with Crippen molar-refractivity contribution in [2.45, 2.75) is 6.92 Å².